The van der Waals surface area contributed by atoms with Gasteiger partial charge in [-0.15, -0.1) is 11.3 Å². The van der Waals surface area contributed by atoms with Crippen molar-refractivity contribution in [2.75, 3.05) is 12.3 Å². The van der Waals surface area contributed by atoms with E-state index < -0.39 is 0 Å². The molecule has 2 aromatic heterocycles. The van der Waals surface area contributed by atoms with E-state index in [0.29, 0.717) is 18.3 Å². The fraction of sp³-hybridized carbons (Fsp3) is 0.455. The van der Waals surface area contributed by atoms with Gasteiger partial charge in [-0.2, -0.15) is 4.98 Å². The molecule has 2 aromatic rings. The number of ether oxygens (including phenoxy) is 1. The first kappa shape index (κ1) is 12.1. The molecule has 1 atom stereocenters. The molecular weight excluding hydrogens is 238 g/mol. The number of nitrogen functional groups attached to an aromatic ring is 1. The topological polar surface area (TPSA) is 74.2 Å². The molecule has 2 heterocycles. The third kappa shape index (κ3) is 2.48. The van der Waals surface area contributed by atoms with Crippen molar-refractivity contribution in [3.8, 4) is 10.8 Å². The van der Waals surface area contributed by atoms with Crippen LogP contribution in [0.5, 0.6) is 0 Å². The van der Waals surface area contributed by atoms with Crippen LogP contribution < -0.4 is 5.73 Å². The molecule has 0 spiro atoms. The van der Waals surface area contributed by atoms with Crippen LogP contribution in [0.2, 0.25) is 0 Å². The van der Waals surface area contributed by atoms with E-state index >= 15 is 0 Å². The monoisotopic (exact) mass is 253 g/mol. The lowest BCUT2D eigenvalue weighted by molar-refractivity contribution is 0.0683. The third-order valence-electron chi connectivity index (χ3n) is 2.35. The normalized spacial score (nSPS) is 12.9. The standard InChI is InChI=1S/C11H15N3O2S/c1-4-15-7(3)10-13-11(16-14-10)9-6(2)5-8(12)17-9/h5,7H,4,12H2,1-3H3. The second-order valence-corrected chi connectivity index (χ2v) is 4.80. The summed E-state index contributed by atoms with van der Waals surface area (Å²) in [4.78, 5) is 5.25. The highest BCUT2D eigenvalue weighted by Gasteiger charge is 2.17. The van der Waals surface area contributed by atoms with Crippen LogP contribution in [0.25, 0.3) is 10.8 Å². The predicted molar refractivity (Wildman–Crippen MR) is 66.8 cm³/mol. The zero-order chi connectivity index (χ0) is 12.4. The van der Waals surface area contributed by atoms with E-state index in [0.717, 1.165) is 15.4 Å². The third-order valence-corrected chi connectivity index (χ3v) is 3.41. The molecule has 5 nitrogen and oxygen atoms in total. The van der Waals surface area contributed by atoms with Gasteiger partial charge in [-0.1, -0.05) is 5.16 Å². The van der Waals surface area contributed by atoms with Gasteiger partial charge >= 0.3 is 0 Å². The summed E-state index contributed by atoms with van der Waals surface area (Å²) in [6, 6.07) is 1.90. The second kappa shape index (κ2) is 4.85. The number of nitrogens with zero attached hydrogens (tertiary/aromatic N) is 2. The molecule has 2 rings (SSSR count). The molecule has 17 heavy (non-hydrogen) atoms. The SMILES string of the molecule is CCOC(C)c1noc(-c2sc(N)cc2C)n1. The number of nitrogens with two attached hydrogens (primary N) is 1. The summed E-state index contributed by atoms with van der Waals surface area (Å²) in [6.45, 7) is 6.42. The molecule has 0 radical (unpaired) electrons. The fourth-order valence-corrected chi connectivity index (χ4v) is 2.40. The summed E-state index contributed by atoms with van der Waals surface area (Å²) >= 11 is 1.45. The van der Waals surface area contributed by atoms with Gasteiger partial charge in [-0.05, 0) is 32.4 Å². The minimum absolute atomic E-state index is 0.157. The average Bonchev–Trinajstić information content (AvgIpc) is 2.85. The largest absolute Gasteiger partial charge is 0.391 e. The van der Waals surface area contributed by atoms with Crippen molar-refractivity contribution in [1.82, 2.24) is 10.1 Å². The van der Waals surface area contributed by atoms with Crippen LogP contribution in [0.1, 0.15) is 31.3 Å². The molecule has 0 amide bonds. The number of rotatable bonds is 4. The van der Waals surface area contributed by atoms with Crippen molar-refractivity contribution < 1.29 is 9.26 Å². The van der Waals surface area contributed by atoms with E-state index in [1.54, 1.807) is 0 Å². The molecule has 6 heteroatoms. The van der Waals surface area contributed by atoms with Gasteiger partial charge in [0, 0.05) is 6.61 Å². The Balaban J connectivity index is 2.26. The molecule has 0 aliphatic carbocycles. The zero-order valence-corrected chi connectivity index (χ0v) is 10.9. The van der Waals surface area contributed by atoms with Gasteiger partial charge < -0.3 is 15.0 Å². The first-order valence-corrected chi connectivity index (χ1v) is 6.25. The quantitative estimate of drug-likeness (QED) is 0.906. The molecule has 1 unspecified atom stereocenters. The Morgan fingerprint density at radius 1 is 1.59 bits per heavy atom. The van der Waals surface area contributed by atoms with Crippen molar-refractivity contribution in [3.63, 3.8) is 0 Å². The van der Waals surface area contributed by atoms with Crippen LogP contribution >= 0.6 is 11.3 Å². The van der Waals surface area contributed by atoms with Gasteiger partial charge in [-0.3, -0.25) is 0 Å². The van der Waals surface area contributed by atoms with Crippen LogP contribution in [0.4, 0.5) is 5.00 Å². The lowest BCUT2D eigenvalue weighted by atomic mass is 10.3. The Kier molecular flexibility index (Phi) is 3.44. The number of anilines is 1. The van der Waals surface area contributed by atoms with Crippen LogP contribution in [-0.2, 0) is 4.74 Å². The smallest absolute Gasteiger partial charge is 0.268 e. The Bertz CT molecular complexity index is 507. The van der Waals surface area contributed by atoms with E-state index in [4.69, 9.17) is 15.0 Å². The van der Waals surface area contributed by atoms with Crippen LogP contribution in [0.15, 0.2) is 10.6 Å². The molecule has 0 aliphatic heterocycles. The van der Waals surface area contributed by atoms with E-state index in [1.807, 2.05) is 26.8 Å². The van der Waals surface area contributed by atoms with Crippen LogP contribution in [0.3, 0.4) is 0 Å². The maximum atomic E-state index is 5.74. The van der Waals surface area contributed by atoms with Crippen molar-refractivity contribution in [3.05, 3.63) is 17.5 Å². The zero-order valence-electron chi connectivity index (χ0n) is 10.1. The first-order valence-electron chi connectivity index (χ1n) is 5.43. The van der Waals surface area contributed by atoms with Gasteiger partial charge in [0.2, 0.25) is 5.82 Å². The van der Waals surface area contributed by atoms with E-state index in [2.05, 4.69) is 10.1 Å². The Labute approximate surface area is 104 Å². The molecule has 0 aliphatic rings. The number of aryl methyl sites for hydroxylation is 1. The molecule has 2 N–H and O–H groups in total. The number of aromatic nitrogens is 2. The average molecular weight is 253 g/mol. The minimum atomic E-state index is -0.157. The molecule has 92 valence electrons. The summed E-state index contributed by atoms with van der Waals surface area (Å²) in [5, 5.41) is 4.66. The maximum absolute atomic E-state index is 5.74. The number of hydrogen-bond acceptors (Lipinski definition) is 6. The molecule has 0 fully saturated rings. The molecule has 0 saturated heterocycles. The highest BCUT2D eigenvalue weighted by atomic mass is 32.1. The van der Waals surface area contributed by atoms with Crippen LogP contribution in [-0.4, -0.2) is 16.7 Å². The van der Waals surface area contributed by atoms with Crippen molar-refractivity contribution in [2.24, 2.45) is 0 Å². The van der Waals surface area contributed by atoms with Crippen molar-refractivity contribution in [2.45, 2.75) is 26.9 Å². The Morgan fingerprint density at radius 2 is 2.35 bits per heavy atom. The summed E-state index contributed by atoms with van der Waals surface area (Å²) in [7, 11) is 0. The van der Waals surface area contributed by atoms with Gasteiger partial charge in [0.05, 0.1) is 9.88 Å². The summed E-state index contributed by atoms with van der Waals surface area (Å²) in [5.74, 6) is 1.07. The number of hydrogen-bond donors (Lipinski definition) is 1. The summed E-state index contributed by atoms with van der Waals surface area (Å²) in [6.07, 6.45) is -0.157. The first-order chi connectivity index (χ1) is 8.11. The van der Waals surface area contributed by atoms with Crippen LogP contribution in [0, 0.1) is 6.92 Å². The Hall–Kier alpha value is -1.40. The van der Waals surface area contributed by atoms with Crippen molar-refractivity contribution >= 4 is 16.3 Å². The molecule has 0 bridgehead atoms. The highest BCUT2D eigenvalue weighted by molar-refractivity contribution is 7.19. The number of thiophene rings is 1. The van der Waals surface area contributed by atoms with E-state index in [9.17, 15) is 0 Å². The minimum Gasteiger partial charge on any atom is -0.391 e. The van der Waals surface area contributed by atoms with Gasteiger partial charge in [0.25, 0.3) is 5.89 Å². The maximum Gasteiger partial charge on any atom is 0.268 e. The van der Waals surface area contributed by atoms with E-state index in [1.165, 1.54) is 11.3 Å². The predicted octanol–water partition coefficient (Wildman–Crippen LogP) is 2.79. The highest BCUT2D eigenvalue weighted by Crippen LogP contribution is 2.33. The Morgan fingerprint density at radius 3 is 2.94 bits per heavy atom. The lowest BCUT2D eigenvalue weighted by Crippen LogP contribution is -2.01. The molecule has 0 saturated carbocycles. The molecular formula is C11H15N3O2S. The fourth-order valence-electron chi connectivity index (χ4n) is 1.54. The lowest BCUT2D eigenvalue weighted by Gasteiger charge is -2.04. The molecule has 0 aromatic carbocycles. The summed E-state index contributed by atoms with van der Waals surface area (Å²) < 4.78 is 10.6. The second-order valence-electron chi connectivity index (χ2n) is 3.72. The van der Waals surface area contributed by atoms with Gasteiger partial charge in [0.15, 0.2) is 0 Å². The van der Waals surface area contributed by atoms with Gasteiger partial charge in [-0.25, -0.2) is 0 Å². The van der Waals surface area contributed by atoms with E-state index in [-0.39, 0.29) is 6.10 Å². The summed E-state index contributed by atoms with van der Waals surface area (Å²) in [5.41, 5.74) is 6.78. The van der Waals surface area contributed by atoms with Crippen molar-refractivity contribution in [1.29, 1.82) is 0 Å². The van der Waals surface area contributed by atoms with Gasteiger partial charge in [0.1, 0.15) is 6.10 Å².